The molecule has 5 heteroatoms. The third-order valence-corrected chi connectivity index (χ3v) is 4.38. The van der Waals surface area contributed by atoms with Gasteiger partial charge in [-0.1, -0.05) is 30.3 Å². The largest absolute Gasteiger partial charge is 0.396 e. The maximum atomic E-state index is 12.1. The molecule has 0 bridgehead atoms. The first-order chi connectivity index (χ1) is 10.7. The van der Waals surface area contributed by atoms with Crippen molar-refractivity contribution in [2.75, 3.05) is 6.61 Å². The summed E-state index contributed by atoms with van der Waals surface area (Å²) in [6, 6.07) is 13.6. The zero-order valence-electron chi connectivity index (χ0n) is 12.7. The summed E-state index contributed by atoms with van der Waals surface area (Å²) < 4.78 is 0. The summed E-state index contributed by atoms with van der Waals surface area (Å²) in [4.78, 5) is 14.5. The Hall–Kier alpha value is -1.85. The third kappa shape index (κ3) is 5.16. The van der Waals surface area contributed by atoms with Crippen molar-refractivity contribution in [1.29, 1.82) is 0 Å². The van der Waals surface area contributed by atoms with Crippen molar-refractivity contribution in [1.82, 2.24) is 10.6 Å². The normalized spacial score (nSPS) is 11.9. The second-order valence-corrected chi connectivity index (χ2v) is 6.54. The number of benzene rings is 1. The van der Waals surface area contributed by atoms with Crippen molar-refractivity contribution in [3.05, 3.63) is 57.8 Å². The van der Waals surface area contributed by atoms with Crippen LogP contribution in [-0.4, -0.2) is 17.7 Å². The minimum atomic E-state index is -0.183. The molecule has 1 aromatic heterocycles. The highest BCUT2D eigenvalue weighted by molar-refractivity contribution is 7.11. The van der Waals surface area contributed by atoms with E-state index in [0.717, 1.165) is 10.4 Å². The van der Waals surface area contributed by atoms with E-state index in [0.29, 0.717) is 19.4 Å². The number of thiophene rings is 1. The van der Waals surface area contributed by atoms with Crippen molar-refractivity contribution >= 4 is 17.4 Å². The van der Waals surface area contributed by atoms with Crippen molar-refractivity contribution in [2.24, 2.45) is 0 Å². The lowest BCUT2D eigenvalue weighted by molar-refractivity contribution is 0.233. The van der Waals surface area contributed by atoms with Crippen LogP contribution in [0.4, 0.5) is 4.79 Å². The average Bonchev–Trinajstić information content (AvgIpc) is 2.96. The Balaban J connectivity index is 1.90. The topological polar surface area (TPSA) is 61.4 Å². The first-order valence-corrected chi connectivity index (χ1v) is 8.26. The van der Waals surface area contributed by atoms with Gasteiger partial charge >= 0.3 is 6.03 Å². The summed E-state index contributed by atoms with van der Waals surface area (Å²) >= 11 is 1.68. The van der Waals surface area contributed by atoms with Crippen LogP contribution in [0.25, 0.3) is 0 Å². The van der Waals surface area contributed by atoms with E-state index in [1.807, 2.05) is 42.5 Å². The van der Waals surface area contributed by atoms with Gasteiger partial charge < -0.3 is 15.7 Å². The van der Waals surface area contributed by atoms with E-state index in [2.05, 4.69) is 17.6 Å². The summed E-state index contributed by atoms with van der Waals surface area (Å²) in [5.74, 6) is 0. The Morgan fingerprint density at radius 2 is 2.00 bits per heavy atom. The molecule has 4 nitrogen and oxygen atoms in total. The fourth-order valence-corrected chi connectivity index (χ4v) is 3.09. The molecule has 118 valence electrons. The molecule has 2 aromatic rings. The number of hydrogen-bond donors (Lipinski definition) is 3. The highest BCUT2D eigenvalue weighted by atomic mass is 32.1. The first-order valence-electron chi connectivity index (χ1n) is 7.44. The van der Waals surface area contributed by atoms with E-state index in [-0.39, 0.29) is 18.7 Å². The van der Waals surface area contributed by atoms with Crippen molar-refractivity contribution in [2.45, 2.75) is 32.4 Å². The van der Waals surface area contributed by atoms with Gasteiger partial charge in [-0.25, -0.2) is 4.79 Å². The van der Waals surface area contributed by atoms with E-state index in [4.69, 9.17) is 5.11 Å². The Labute approximate surface area is 135 Å². The van der Waals surface area contributed by atoms with E-state index < -0.39 is 0 Å². The number of carbonyl (C=O) groups excluding carboxylic acids is 1. The molecule has 0 aliphatic heterocycles. The molecule has 3 N–H and O–H groups in total. The maximum Gasteiger partial charge on any atom is 0.315 e. The van der Waals surface area contributed by atoms with Crippen LogP contribution < -0.4 is 10.6 Å². The first kappa shape index (κ1) is 16.5. The van der Waals surface area contributed by atoms with Gasteiger partial charge in [0.05, 0.1) is 12.6 Å². The molecule has 2 amide bonds. The molecule has 2 rings (SSSR count). The van der Waals surface area contributed by atoms with E-state index in [1.54, 1.807) is 11.3 Å². The highest BCUT2D eigenvalue weighted by Crippen LogP contribution is 2.18. The fraction of sp³-hybridized carbons (Fsp3) is 0.353. The number of rotatable bonds is 7. The number of urea groups is 1. The number of hydrogen-bond acceptors (Lipinski definition) is 3. The predicted octanol–water partition coefficient (Wildman–Crippen LogP) is 3.37. The molecule has 0 aliphatic carbocycles. The van der Waals surface area contributed by atoms with Crippen molar-refractivity contribution < 1.29 is 9.90 Å². The van der Waals surface area contributed by atoms with E-state index >= 15 is 0 Å². The molecule has 0 radical (unpaired) electrons. The van der Waals surface area contributed by atoms with Gasteiger partial charge in [0.1, 0.15) is 0 Å². The monoisotopic (exact) mass is 318 g/mol. The molecule has 1 aromatic carbocycles. The highest BCUT2D eigenvalue weighted by Gasteiger charge is 2.14. The van der Waals surface area contributed by atoms with Gasteiger partial charge in [-0.2, -0.15) is 0 Å². The molecule has 0 aliphatic rings. The molecule has 0 fully saturated rings. The van der Waals surface area contributed by atoms with Crippen LogP contribution in [0.1, 0.15) is 34.2 Å². The maximum absolute atomic E-state index is 12.1. The predicted molar refractivity (Wildman–Crippen MR) is 89.9 cm³/mol. The van der Waals surface area contributed by atoms with Crippen molar-refractivity contribution in [3.63, 3.8) is 0 Å². The van der Waals surface area contributed by atoms with Gasteiger partial charge in [-0.3, -0.25) is 0 Å². The number of amides is 2. The summed E-state index contributed by atoms with van der Waals surface area (Å²) in [6.07, 6.45) is 1.37. The number of carbonyl (C=O) groups is 1. The van der Waals surface area contributed by atoms with Gasteiger partial charge in [0.25, 0.3) is 0 Å². The molecule has 0 saturated heterocycles. The average molecular weight is 318 g/mol. The molecule has 0 spiro atoms. The zero-order chi connectivity index (χ0) is 15.8. The van der Waals surface area contributed by atoms with Crippen LogP contribution in [0.5, 0.6) is 0 Å². The van der Waals surface area contributed by atoms with E-state index in [9.17, 15) is 4.79 Å². The zero-order valence-corrected chi connectivity index (χ0v) is 13.5. The SMILES string of the molecule is Cc1ccc(CNC(=O)NC(CCCO)c2ccccc2)s1. The van der Waals surface area contributed by atoms with Crippen LogP contribution in [0.2, 0.25) is 0 Å². The minimum Gasteiger partial charge on any atom is -0.396 e. The molecular weight excluding hydrogens is 296 g/mol. The fourth-order valence-electron chi connectivity index (χ4n) is 2.26. The van der Waals surface area contributed by atoms with Gasteiger partial charge in [-0.15, -0.1) is 11.3 Å². The summed E-state index contributed by atoms with van der Waals surface area (Å²) in [5, 5.41) is 14.9. The summed E-state index contributed by atoms with van der Waals surface area (Å²) in [5.41, 5.74) is 1.05. The van der Waals surface area contributed by atoms with Gasteiger partial charge in [-0.05, 0) is 37.5 Å². The van der Waals surface area contributed by atoms with Gasteiger partial charge in [0.2, 0.25) is 0 Å². The van der Waals surface area contributed by atoms with Crippen LogP contribution in [0, 0.1) is 6.92 Å². The van der Waals surface area contributed by atoms with Gasteiger partial charge in [0, 0.05) is 16.4 Å². The van der Waals surface area contributed by atoms with Gasteiger partial charge in [0.15, 0.2) is 0 Å². The Bertz CT molecular complexity index is 583. The molecule has 1 atom stereocenters. The third-order valence-electron chi connectivity index (χ3n) is 3.38. The second-order valence-electron chi connectivity index (χ2n) is 5.17. The summed E-state index contributed by atoms with van der Waals surface area (Å²) in [6.45, 7) is 2.71. The molecule has 1 unspecified atom stereocenters. The summed E-state index contributed by atoms with van der Waals surface area (Å²) in [7, 11) is 0. The lowest BCUT2D eigenvalue weighted by Crippen LogP contribution is -2.37. The molecule has 22 heavy (non-hydrogen) atoms. The number of aliphatic hydroxyl groups excluding tert-OH is 1. The van der Waals surface area contributed by atoms with Crippen LogP contribution in [-0.2, 0) is 6.54 Å². The standard InChI is InChI=1S/C17H22N2O2S/c1-13-9-10-15(22-13)12-18-17(21)19-16(8-5-11-20)14-6-3-2-4-7-14/h2-4,6-7,9-10,16,20H,5,8,11-12H2,1H3,(H2,18,19,21). The Morgan fingerprint density at radius 1 is 1.23 bits per heavy atom. The van der Waals surface area contributed by atoms with Crippen molar-refractivity contribution in [3.8, 4) is 0 Å². The lowest BCUT2D eigenvalue weighted by atomic mass is 10.0. The Morgan fingerprint density at radius 3 is 2.64 bits per heavy atom. The number of aliphatic hydroxyl groups is 1. The van der Waals surface area contributed by atoms with Crippen LogP contribution >= 0.6 is 11.3 Å². The number of nitrogens with one attached hydrogen (secondary N) is 2. The number of aryl methyl sites for hydroxylation is 1. The van der Waals surface area contributed by atoms with E-state index in [1.165, 1.54) is 4.88 Å². The second kappa shape index (κ2) is 8.56. The minimum absolute atomic E-state index is 0.0848. The smallest absolute Gasteiger partial charge is 0.315 e. The lowest BCUT2D eigenvalue weighted by Gasteiger charge is -2.19. The molecule has 1 heterocycles. The quantitative estimate of drug-likeness (QED) is 0.733. The molecular formula is C17H22N2O2S. The Kier molecular flexibility index (Phi) is 6.43. The molecule has 0 saturated carbocycles. The van der Waals surface area contributed by atoms with Crippen LogP contribution in [0.3, 0.4) is 0 Å². The van der Waals surface area contributed by atoms with Crippen LogP contribution in [0.15, 0.2) is 42.5 Å².